The van der Waals surface area contributed by atoms with Crippen molar-refractivity contribution in [2.24, 2.45) is 5.92 Å². The first kappa shape index (κ1) is 25.1. The minimum atomic E-state index is -1.08. The Balaban J connectivity index is 1.39. The van der Waals surface area contributed by atoms with E-state index in [1.807, 2.05) is 19.2 Å². The van der Waals surface area contributed by atoms with Gasteiger partial charge in [-0.3, -0.25) is 4.98 Å². The van der Waals surface area contributed by atoms with Gasteiger partial charge in [-0.1, -0.05) is 18.2 Å². The van der Waals surface area contributed by atoms with Gasteiger partial charge in [0.25, 0.3) is 0 Å². The van der Waals surface area contributed by atoms with Crippen LogP contribution >= 0.6 is 11.3 Å². The second-order valence-corrected chi connectivity index (χ2v) is 11.1. The van der Waals surface area contributed by atoms with Crippen LogP contribution < -0.4 is 10.6 Å². The molecule has 0 bridgehead atoms. The number of anilines is 2. The molecule has 9 nitrogen and oxygen atoms in total. The highest BCUT2D eigenvalue weighted by Crippen LogP contribution is 2.44. The molecule has 0 spiro atoms. The van der Waals surface area contributed by atoms with E-state index >= 15 is 0 Å². The Morgan fingerprint density at radius 3 is 2.63 bits per heavy atom. The zero-order valence-corrected chi connectivity index (χ0v) is 21.6. The van der Waals surface area contributed by atoms with E-state index in [1.54, 1.807) is 18.2 Å². The van der Waals surface area contributed by atoms with E-state index in [9.17, 15) is 19.7 Å². The van der Waals surface area contributed by atoms with Gasteiger partial charge in [-0.15, -0.1) is 11.3 Å². The SMILES string of the molecule is Cc1nc(NCc2ccccc2F)nc(N[C@@H]2C[C@H](CO)[C@@H](O)[C@H]2O)c1-c1nc2c(C3CC3)nccc2s1. The maximum absolute atomic E-state index is 14.2. The first-order valence-corrected chi connectivity index (χ1v) is 13.6. The number of aromatic nitrogens is 4. The van der Waals surface area contributed by atoms with Crippen molar-refractivity contribution >= 4 is 33.3 Å². The lowest BCUT2D eigenvalue weighted by Gasteiger charge is -2.21. The number of aryl methyl sites for hydroxylation is 1. The third-order valence-electron chi connectivity index (χ3n) is 7.36. The average molecular weight is 537 g/mol. The Kier molecular flexibility index (Phi) is 6.68. The number of nitrogens with one attached hydrogen (secondary N) is 2. The lowest BCUT2D eigenvalue weighted by atomic mass is 10.1. The lowest BCUT2D eigenvalue weighted by Crippen LogP contribution is -2.35. The van der Waals surface area contributed by atoms with Gasteiger partial charge in [-0.2, -0.15) is 4.98 Å². The number of aliphatic hydroxyl groups is 3. The molecule has 0 amide bonds. The van der Waals surface area contributed by atoms with E-state index < -0.39 is 24.2 Å². The molecule has 0 unspecified atom stereocenters. The predicted molar refractivity (Wildman–Crippen MR) is 143 cm³/mol. The highest BCUT2D eigenvalue weighted by Gasteiger charge is 2.41. The molecule has 2 aliphatic rings. The van der Waals surface area contributed by atoms with Crippen molar-refractivity contribution < 1.29 is 19.7 Å². The van der Waals surface area contributed by atoms with Crippen LogP contribution in [0, 0.1) is 18.7 Å². The summed E-state index contributed by atoms with van der Waals surface area (Å²) < 4.78 is 15.2. The van der Waals surface area contributed by atoms with E-state index in [-0.39, 0.29) is 19.0 Å². The van der Waals surface area contributed by atoms with Gasteiger partial charge >= 0.3 is 0 Å². The van der Waals surface area contributed by atoms with Crippen LogP contribution in [0.1, 0.15) is 42.1 Å². The zero-order chi connectivity index (χ0) is 26.4. The van der Waals surface area contributed by atoms with Crippen LogP contribution in [-0.4, -0.2) is 60.1 Å². The molecule has 3 heterocycles. The van der Waals surface area contributed by atoms with Crippen molar-refractivity contribution in [1.82, 2.24) is 19.9 Å². The fourth-order valence-corrected chi connectivity index (χ4v) is 6.16. The van der Waals surface area contributed by atoms with E-state index in [0.29, 0.717) is 40.9 Å². The molecule has 38 heavy (non-hydrogen) atoms. The van der Waals surface area contributed by atoms with Crippen LogP contribution in [0.15, 0.2) is 36.5 Å². The Morgan fingerprint density at radius 1 is 1.08 bits per heavy atom. The maximum atomic E-state index is 14.2. The number of thiazole rings is 1. The fourth-order valence-electron chi connectivity index (χ4n) is 5.09. The van der Waals surface area contributed by atoms with Crippen LogP contribution in [0.2, 0.25) is 0 Å². The summed E-state index contributed by atoms with van der Waals surface area (Å²) in [5.41, 5.74) is 3.74. The fraction of sp³-hybridized carbons (Fsp3) is 0.407. The first-order chi connectivity index (χ1) is 18.4. The van der Waals surface area contributed by atoms with Gasteiger partial charge in [0.2, 0.25) is 5.95 Å². The minimum absolute atomic E-state index is 0.194. The number of pyridine rings is 1. The number of aliphatic hydroxyl groups excluding tert-OH is 3. The van der Waals surface area contributed by atoms with Crippen molar-refractivity contribution in [1.29, 1.82) is 0 Å². The van der Waals surface area contributed by atoms with Crippen LogP contribution in [0.3, 0.4) is 0 Å². The summed E-state index contributed by atoms with van der Waals surface area (Å²) in [5, 5.41) is 37.8. The Labute approximate surface area is 222 Å². The molecule has 6 rings (SSSR count). The number of benzene rings is 1. The molecule has 198 valence electrons. The first-order valence-electron chi connectivity index (χ1n) is 12.8. The number of hydrogen-bond acceptors (Lipinski definition) is 10. The highest BCUT2D eigenvalue weighted by molar-refractivity contribution is 7.21. The highest BCUT2D eigenvalue weighted by atomic mass is 32.1. The molecule has 4 atom stereocenters. The topological polar surface area (TPSA) is 136 Å². The average Bonchev–Trinajstić information content (AvgIpc) is 3.61. The van der Waals surface area contributed by atoms with Gasteiger partial charge in [0, 0.05) is 36.7 Å². The van der Waals surface area contributed by atoms with Gasteiger partial charge in [0.05, 0.1) is 33.8 Å². The minimum Gasteiger partial charge on any atom is -0.396 e. The Hall–Kier alpha value is -3.25. The third kappa shape index (κ3) is 4.71. The van der Waals surface area contributed by atoms with Crippen molar-refractivity contribution in [3.05, 3.63) is 59.3 Å². The van der Waals surface area contributed by atoms with E-state index in [2.05, 4.69) is 20.6 Å². The molecule has 5 N–H and O–H groups in total. The summed E-state index contributed by atoms with van der Waals surface area (Å²) in [6, 6.07) is 7.93. The second-order valence-electron chi connectivity index (χ2n) is 10.0. The van der Waals surface area contributed by atoms with Crippen molar-refractivity contribution in [2.75, 3.05) is 17.2 Å². The number of halogens is 1. The number of nitrogens with zero attached hydrogens (tertiary/aromatic N) is 4. The van der Waals surface area contributed by atoms with Crippen molar-refractivity contribution in [3.63, 3.8) is 0 Å². The van der Waals surface area contributed by atoms with Gasteiger partial charge in [0.15, 0.2) is 0 Å². The summed E-state index contributed by atoms with van der Waals surface area (Å²) in [6.45, 7) is 1.83. The molecule has 4 aromatic rings. The van der Waals surface area contributed by atoms with Crippen molar-refractivity contribution in [3.8, 4) is 10.6 Å². The normalized spacial score (nSPS) is 23.2. The van der Waals surface area contributed by atoms with Gasteiger partial charge in [-0.05, 0) is 38.3 Å². The van der Waals surface area contributed by atoms with E-state index in [4.69, 9.17) is 9.97 Å². The van der Waals surface area contributed by atoms with E-state index in [1.165, 1.54) is 17.4 Å². The summed E-state index contributed by atoms with van der Waals surface area (Å²) in [7, 11) is 0. The number of fused-ring (bicyclic) bond motifs is 1. The largest absolute Gasteiger partial charge is 0.396 e. The summed E-state index contributed by atoms with van der Waals surface area (Å²) in [4.78, 5) is 18.9. The second kappa shape index (κ2) is 10.1. The number of rotatable bonds is 8. The maximum Gasteiger partial charge on any atom is 0.225 e. The molecule has 2 aliphatic carbocycles. The summed E-state index contributed by atoms with van der Waals surface area (Å²) >= 11 is 1.53. The van der Waals surface area contributed by atoms with Crippen LogP contribution in [-0.2, 0) is 6.54 Å². The monoisotopic (exact) mass is 536 g/mol. The standard InChI is InChI=1S/C27H29FN6O3S/c1-13-20(26-33-22-19(38-26)8-9-29-21(22)14-6-7-14)25(32-18-10-16(12-35)23(36)24(18)37)34-27(31-13)30-11-15-4-2-3-5-17(15)28/h2-5,8-9,14,16,18,23-24,35-37H,6-7,10-12H2,1H3,(H2,30,31,32,34)/t16-,18-,23-,24+/m1/s1. The van der Waals surface area contributed by atoms with Gasteiger partial charge in [-0.25, -0.2) is 14.4 Å². The molecule has 11 heteroatoms. The van der Waals surface area contributed by atoms with E-state index in [0.717, 1.165) is 33.8 Å². The third-order valence-corrected chi connectivity index (χ3v) is 8.39. The van der Waals surface area contributed by atoms with Gasteiger partial charge in [0.1, 0.15) is 28.3 Å². The lowest BCUT2D eigenvalue weighted by molar-refractivity contribution is 0.00446. The molecule has 0 saturated heterocycles. The molecule has 0 aliphatic heterocycles. The smallest absolute Gasteiger partial charge is 0.225 e. The van der Waals surface area contributed by atoms with Crippen molar-refractivity contribution in [2.45, 2.75) is 56.9 Å². The molecular formula is C27H29FN6O3S. The zero-order valence-electron chi connectivity index (χ0n) is 20.8. The Morgan fingerprint density at radius 2 is 1.89 bits per heavy atom. The van der Waals surface area contributed by atoms with Gasteiger partial charge < -0.3 is 26.0 Å². The molecular weight excluding hydrogens is 507 g/mol. The molecule has 0 radical (unpaired) electrons. The quantitative estimate of drug-likeness (QED) is 0.229. The Bertz CT molecular complexity index is 1480. The van der Waals surface area contributed by atoms with Crippen LogP contribution in [0.5, 0.6) is 0 Å². The molecule has 2 fully saturated rings. The summed E-state index contributed by atoms with van der Waals surface area (Å²) in [6.07, 6.45) is 2.30. The number of hydrogen-bond donors (Lipinski definition) is 5. The molecule has 1 aromatic carbocycles. The molecule has 2 saturated carbocycles. The predicted octanol–water partition coefficient (Wildman–Crippen LogP) is 3.60. The van der Waals surface area contributed by atoms with Crippen LogP contribution in [0.4, 0.5) is 16.2 Å². The summed E-state index contributed by atoms with van der Waals surface area (Å²) in [5.74, 6) is 0.425. The van der Waals surface area contributed by atoms with Crippen LogP contribution in [0.25, 0.3) is 20.8 Å². The molecule has 3 aromatic heterocycles.